The number of ether oxygens (including phenoxy) is 1. The number of pyridine rings is 2. The van der Waals surface area contributed by atoms with Gasteiger partial charge < -0.3 is 10.1 Å². The SMILES string of the molecule is Cc1cccnc1NC(=O)c1ccc(OCc2ccccc2)nc1. The summed E-state index contributed by atoms with van der Waals surface area (Å²) in [5.74, 6) is 0.773. The van der Waals surface area contributed by atoms with Gasteiger partial charge in [-0.3, -0.25) is 4.79 Å². The van der Waals surface area contributed by atoms with Crippen LogP contribution in [0.4, 0.5) is 5.82 Å². The first-order valence-corrected chi connectivity index (χ1v) is 7.58. The van der Waals surface area contributed by atoms with E-state index < -0.39 is 0 Å². The fourth-order valence-electron chi connectivity index (χ4n) is 2.13. The average Bonchev–Trinajstić information content (AvgIpc) is 2.63. The van der Waals surface area contributed by atoms with Crippen LogP contribution in [0.2, 0.25) is 0 Å². The first kappa shape index (κ1) is 15.7. The van der Waals surface area contributed by atoms with Crippen molar-refractivity contribution in [3.05, 3.63) is 83.7 Å². The molecule has 24 heavy (non-hydrogen) atoms. The number of nitrogens with zero attached hydrogens (tertiary/aromatic N) is 2. The molecule has 0 aliphatic heterocycles. The number of rotatable bonds is 5. The van der Waals surface area contributed by atoms with Crippen molar-refractivity contribution < 1.29 is 9.53 Å². The Kier molecular flexibility index (Phi) is 4.81. The molecular formula is C19H17N3O2. The second-order valence-electron chi connectivity index (χ2n) is 5.28. The Morgan fingerprint density at radius 2 is 1.88 bits per heavy atom. The molecule has 0 saturated heterocycles. The van der Waals surface area contributed by atoms with Crippen molar-refractivity contribution in [2.45, 2.75) is 13.5 Å². The van der Waals surface area contributed by atoms with Crippen LogP contribution >= 0.6 is 0 Å². The summed E-state index contributed by atoms with van der Waals surface area (Å²) in [7, 11) is 0. The molecule has 0 aliphatic carbocycles. The number of benzene rings is 1. The van der Waals surface area contributed by atoms with Gasteiger partial charge in [-0.15, -0.1) is 0 Å². The van der Waals surface area contributed by atoms with Gasteiger partial charge in [-0.1, -0.05) is 36.4 Å². The summed E-state index contributed by atoms with van der Waals surface area (Å²) in [6.45, 7) is 2.33. The molecule has 0 unspecified atom stereocenters. The van der Waals surface area contributed by atoms with E-state index in [4.69, 9.17) is 4.74 Å². The van der Waals surface area contributed by atoms with Crippen LogP contribution in [-0.4, -0.2) is 15.9 Å². The summed E-state index contributed by atoms with van der Waals surface area (Å²) in [6, 6.07) is 16.9. The van der Waals surface area contributed by atoms with Crippen LogP contribution in [0.1, 0.15) is 21.5 Å². The van der Waals surface area contributed by atoms with E-state index >= 15 is 0 Å². The molecule has 5 nitrogen and oxygen atoms in total. The lowest BCUT2D eigenvalue weighted by atomic mass is 10.2. The molecule has 0 atom stereocenters. The van der Waals surface area contributed by atoms with E-state index in [2.05, 4.69) is 15.3 Å². The number of carbonyl (C=O) groups excluding carboxylic acids is 1. The molecule has 0 bridgehead atoms. The predicted octanol–water partition coefficient (Wildman–Crippen LogP) is 3.62. The van der Waals surface area contributed by atoms with Crippen molar-refractivity contribution in [3.8, 4) is 5.88 Å². The first-order chi connectivity index (χ1) is 11.7. The molecule has 1 N–H and O–H groups in total. The zero-order chi connectivity index (χ0) is 16.8. The summed E-state index contributed by atoms with van der Waals surface area (Å²) in [6.07, 6.45) is 3.13. The summed E-state index contributed by atoms with van der Waals surface area (Å²) in [4.78, 5) is 20.5. The van der Waals surface area contributed by atoms with E-state index in [0.29, 0.717) is 23.9 Å². The van der Waals surface area contributed by atoms with E-state index in [9.17, 15) is 4.79 Å². The number of anilines is 1. The maximum Gasteiger partial charge on any atom is 0.258 e. The second-order valence-corrected chi connectivity index (χ2v) is 5.28. The molecule has 3 aromatic rings. The number of aryl methyl sites for hydroxylation is 1. The van der Waals surface area contributed by atoms with Crippen molar-refractivity contribution in [2.75, 3.05) is 5.32 Å². The van der Waals surface area contributed by atoms with Gasteiger partial charge in [-0.25, -0.2) is 9.97 Å². The lowest BCUT2D eigenvalue weighted by Gasteiger charge is -2.08. The van der Waals surface area contributed by atoms with Gasteiger partial charge in [0.2, 0.25) is 5.88 Å². The van der Waals surface area contributed by atoms with Crippen LogP contribution in [0, 0.1) is 6.92 Å². The summed E-state index contributed by atoms with van der Waals surface area (Å²) in [5, 5.41) is 2.77. The molecule has 0 saturated carbocycles. The normalized spacial score (nSPS) is 10.2. The number of amides is 1. The summed E-state index contributed by atoms with van der Waals surface area (Å²) >= 11 is 0. The molecule has 2 aromatic heterocycles. The topological polar surface area (TPSA) is 64.1 Å². The Morgan fingerprint density at radius 3 is 2.58 bits per heavy atom. The quantitative estimate of drug-likeness (QED) is 0.780. The van der Waals surface area contributed by atoms with Gasteiger partial charge in [0.05, 0.1) is 5.56 Å². The maximum absolute atomic E-state index is 12.2. The fourth-order valence-corrected chi connectivity index (χ4v) is 2.13. The van der Waals surface area contributed by atoms with Crippen molar-refractivity contribution >= 4 is 11.7 Å². The van der Waals surface area contributed by atoms with E-state index in [0.717, 1.165) is 11.1 Å². The van der Waals surface area contributed by atoms with Gasteiger partial charge >= 0.3 is 0 Å². The minimum Gasteiger partial charge on any atom is -0.473 e. The zero-order valence-electron chi connectivity index (χ0n) is 13.3. The minimum absolute atomic E-state index is 0.251. The van der Waals surface area contributed by atoms with Crippen LogP contribution in [0.5, 0.6) is 5.88 Å². The molecule has 3 rings (SSSR count). The smallest absolute Gasteiger partial charge is 0.258 e. The standard InChI is InChI=1S/C19H17N3O2/c1-14-6-5-11-20-18(14)22-19(23)16-9-10-17(21-12-16)24-13-15-7-3-2-4-8-15/h2-12H,13H2,1H3,(H,20,22,23). The number of carbonyl (C=O) groups is 1. The average molecular weight is 319 g/mol. The second kappa shape index (κ2) is 7.37. The Hall–Kier alpha value is -3.21. The van der Waals surface area contributed by atoms with Crippen molar-refractivity contribution in [1.82, 2.24) is 9.97 Å². The minimum atomic E-state index is -0.251. The number of hydrogen-bond donors (Lipinski definition) is 1. The molecule has 1 aromatic carbocycles. The third-order valence-electron chi connectivity index (χ3n) is 3.47. The monoisotopic (exact) mass is 319 g/mol. The van der Waals surface area contributed by atoms with Gasteiger partial charge in [-0.05, 0) is 30.2 Å². The van der Waals surface area contributed by atoms with Gasteiger partial charge in [-0.2, -0.15) is 0 Å². The Labute approximate surface area is 140 Å². The first-order valence-electron chi connectivity index (χ1n) is 7.58. The number of aromatic nitrogens is 2. The molecule has 0 aliphatic rings. The Bertz CT molecular complexity index is 818. The van der Waals surface area contributed by atoms with E-state index in [-0.39, 0.29) is 5.91 Å². The van der Waals surface area contributed by atoms with Crippen LogP contribution in [0.25, 0.3) is 0 Å². The highest BCUT2D eigenvalue weighted by molar-refractivity contribution is 6.03. The summed E-state index contributed by atoms with van der Waals surface area (Å²) in [5.41, 5.74) is 2.42. The highest BCUT2D eigenvalue weighted by Gasteiger charge is 2.09. The van der Waals surface area contributed by atoms with Crippen LogP contribution in [0.15, 0.2) is 67.0 Å². The van der Waals surface area contributed by atoms with Crippen LogP contribution < -0.4 is 10.1 Å². The van der Waals surface area contributed by atoms with E-state index in [1.807, 2.05) is 49.4 Å². The highest BCUT2D eigenvalue weighted by atomic mass is 16.5. The van der Waals surface area contributed by atoms with Gasteiger partial charge in [0.1, 0.15) is 12.4 Å². The van der Waals surface area contributed by atoms with E-state index in [1.165, 1.54) is 6.20 Å². The number of hydrogen-bond acceptors (Lipinski definition) is 4. The molecule has 5 heteroatoms. The molecule has 0 fully saturated rings. The third kappa shape index (κ3) is 3.95. The van der Waals surface area contributed by atoms with E-state index in [1.54, 1.807) is 18.3 Å². The molecule has 0 spiro atoms. The van der Waals surface area contributed by atoms with Crippen molar-refractivity contribution in [1.29, 1.82) is 0 Å². The molecule has 1 amide bonds. The van der Waals surface area contributed by atoms with Crippen molar-refractivity contribution in [2.24, 2.45) is 0 Å². The lowest BCUT2D eigenvalue weighted by Crippen LogP contribution is -2.14. The molecular weight excluding hydrogens is 302 g/mol. The molecule has 0 radical (unpaired) electrons. The molecule has 120 valence electrons. The van der Waals surface area contributed by atoms with Gasteiger partial charge in [0, 0.05) is 18.5 Å². The number of nitrogens with one attached hydrogen (secondary N) is 1. The van der Waals surface area contributed by atoms with Gasteiger partial charge in [0.15, 0.2) is 0 Å². The van der Waals surface area contributed by atoms with Crippen LogP contribution in [-0.2, 0) is 6.61 Å². The molecule has 2 heterocycles. The summed E-state index contributed by atoms with van der Waals surface area (Å²) < 4.78 is 5.61. The third-order valence-corrected chi connectivity index (χ3v) is 3.47. The highest BCUT2D eigenvalue weighted by Crippen LogP contribution is 2.13. The van der Waals surface area contributed by atoms with Crippen LogP contribution in [0.3, 0.4) is 0 Å². The Balaban J connectivity index is 1.61. The zero-order valence-corrected chi connectivity index (χ0v) is 13.3. The predicted molar refractivity (Wildman–Crippen MR) is 91.9 cm³/mol. The maximum atomic E-state index is 12.2. The Morgan fingerprint density at radius 1 is 1.04 bits per heavy atom. The van der Waals surface area contributed by atoms with Crippen molar-refractivity contribution in [3.63, 3.8) is 0 Å². The van der Waals surface area contributed by atoms with Gasteiger partial charge in [0.25, 0.3) is 5.91 Å². The fraction of sp³-hybridized carbons (Fsp3) is 0.105. The lowest BCUT2D eigenvalue weighted by molar-refractivity contribution is 0.102. The largest absolute Gasteiger partial charge is 0.473 e.